The van der Waals surface area contributed by atoms with Crippen LogP contribution in [0.1, 0.15) is 25.0 Å². The third-order valence-electron chi connectivity index (χ3n) is 6.70. The summed E-state index contributed by atoms with van der Waals surface area (Å²) in [6, 6.07) is 17.4. The van der Waals surface area contributed by atoms with Crippen LogP contribution < -0.4 is 9.80 Å². The molecule has 2 aromatic carbocycles. The Morgan fingerprint density at radius 1 is 0.951 bits per heavy atom. The highest BCUT2D eigenvalue weighted by molar-refractivity contribution is 6.30. The summed E-state index contributed by atoms with van der Waals surface area (Å²) in [5.41, 5.74) is 1.59. The average Bonchev–Trinajstić information content (AvgIpc) is 2.93. The van der Waals surface area contributed by atoms with Crippen molar-refractivity contribution >= 4 is 35.0 Å². The van der Waals surface area contributed by atoms with Crippen molar-refractivity contribution < 1.29 is 32.3 Å². The van der Waals surface area contributed by atoms with Gasteiger partial charge in [0.2, 0.25) is 5.91 Å². The third kappa shape index (κ3) is 8.64. The number of aromatic nitrogens is 1. The summed E-state index contributed by atoms with van der Waals surface area (Å²) in [4.78, 5) is 33.7. The molecule has 220 valence electrons. The fourth-order valence-electron chi connectivity index (χ4n) is 4.14. The van der Waals surface area contributed by atoms with Gasteiger partial charge in [0.1, 0.15) is 11.6 Å². The highest BCUT2D eigenvalue weighted by Gasteiger charge is 2.38. The molecule has 0 unspecified atom stereocenters. The van der Waals surface area contributed by atoms with E-state index in [-0.39, 0.29) is 11.7 Å². The van der Waals surface area contributed by atoms with E-state index < -0.39 is 17.6 Å². The maximum atomic E-state index is 13.9. The summed E-state index contributed by atoms with van der Waals surface area (Å²) >= 11 is 6.05. The first-order chi connectivity index (χ1) is 19.2. The van der Waals surface area contributed by atoms with E-state index in [1.165, 1.54) is 12.1 Å². The Morgan fingerprint density at radius 2 is 1.51 bits per heavy atom. The molecule has 1 amide bonds. The number of aliphatic carboxylic acids is 1. The summed E-state index contributed by atoms with van der Waals surface area (Å²) in [7, 11) is 2.13. The van der Waals surface area contributed by atoms with Crippen molar-refractivity contribution in [2.75, 3.05) is 43.0 Å². The molecule has 0 radical (unpaired) electrons. The number of halogens is 5. The normalized spacial score (nSPS) is 14.2. The Kier molecular flexibility index (Phi) is 10.3. The molecular formula is C29H31ClF4N4O3. The summed E-state index contributed by atoms with van der Waals surface area (Å²) in [5, 5.41) is 7.74. The van der Waals surface area contributed by atoms with Gasteiger partial charge >= 0.3 is 12.1 Å². The lowest BCUT2D eigenvalue weighted by molar-refractivity contribution is -0.192. The standard InChI is InChI=1S/C27H30ClFN4O.C2HF3O2/c1-27(2,21-5-7-22(28)8-6-21)26(34)33(24-11-9-23(29)10-12-24)19-20-4-13-25(30-18-20)32-16-14-31(3)15-17-32;3-2(4,5)1(6)7/h4-13,18H,14-17,19H2,1-3H3;(H,6,7). The number of carboxylic acid groups (broad SMARTS) is 1. The topological polar surface area (TPSA) is 77.0 Å². The van der Waals surface area contributed by atoms with Gasteiger partial charge in [0.05, 0.1) is 12.0 Å². The Bertz CT molecular complexity index is 1310. The molecule has 7 nitrogen and oxygen atoms in total. The first kappa shape index (κ1) is 31.8. The number of carboxylic acids is 1. The largest absolute Gasteiger partial charge is 0.490 e. The Balaban J connectivity index is 0.000000587. The lowest BCUT2D eigenvalue weighted by Crippen LogP contribution is -2.45. The molecule has 0 saturated carbocycles. The minimum atomic E-state index is -5.08. The zero-order valence-electron chi connectivity index (χ0n) is 22.8. The first-order valence-corrected chi connectivity index (χ1v) is 13.1. The van der Waals surface area contributed by atoms with Crippen LogP contribution in [0.2, 0.25) is 5.02 Å². The van der Waals surface area contributed by atoms with Gasteiger partial charge in [-0.2, -0.15) is 13.2 Å². The molecule has 0 aliphatic carbocycles. The fourth-order valence-corrected chi connectivity index (χ4v) is 4.27. The minimum Gasteiger partial charge on any atom is -0.475 e. The maximum absolute atomic E-state index is 13.9. The van der Waals surface area contributed by atoms with Crippen LogP contribution >= 0.6 is 11.6 Å². The maximum Gasteiger partial charge on any atom is 0.490 e. The molecule has 0 bridgehead atoms. The predicted molar refractivity (Wildman–Crippen MR) is 150 cm³/mol. The van der Waals surface area contributed by atoms with E-state index in [0.29, 0.717) is 17.3 Å². The number of anilines is 2. The van der Waals surface area contributed by atoms with Gasteiger partial charge in [-0.25, -0.2) is 14.2 Å². The van der Waals surface area contributed by atoms with E-state index in [1.54, 1.807) is 29.2 Å². The molecule has 1 fully saturated rings. The van der Waals surface area contributed by atoms with Crippen molar-refractivity contribution in [3.63, 3.8) is 0 Å². The van der Waals surface area contributed by atoms with Crippen LogP contribution in [0.25, 0.3) is 0 Å². The van der Waals surface area contributed by atoms with Crippen LogP contribution in [0.4, 0.5) is 29.1 Å². The number of rotatable bonds is 6. The van der Waals surface area contributed by atoms with Crippen molar-refractivity contribution in [2.45, 2.75) is 32.0 Å². The molecule has 1 aliphatic rings. The molecule has 1 saturated heterocycles. The number of benzene rings is 2. The van der Waals surface area contributed by atoms with Crippen molar-refractivity contribution in [2.24, 2.45) is 0 Å². The SMILES string of the molecule is CN1CCN(c2ccc(CN(C(=O)C(C)(C)c3ccc(Cl)cc3)c3ccc(F)cc3)cn2)CC1.O=C(O)C(F)(F)F. The minimum absolute atomic E-state index is 0.0930. The Hall–Kier alpha value is -3.70. The van der Waals surface area contributed by atoms with Gasteiger partial charge in [0, 0.05) is 43.1 Å². The van der Waals surface area contributed by atoms with E-state index in [1.807, 2.05) is 44.3 Å². The van der Waals surface area contributed by atoms with Crippen molar-refractivity contribution in [1.29, 1.82) is 0 Å². The van der Waals surface area contributed by atoms with Gasteiger partial charge in [-0.05, 0) is 74.5 Å². The van der Waals surface area contributed by atoms with Crippen LogP contribution in [0, 0.1) is 5.82 Å². The lowest BCUT2D eigenvalue weighted by Gasteiger charge is -2.34. The van der Waals surface area contributed by atoms with Crippen LogP contribution in [-0.2, 0) is 21.5 Å². The highest BCUT2D eigenvalue weighted by Crippen LogP contribution is 2.31. The van der Waals surface area contributed by atoms with Gasteiger partial charge in [0.25, 0.3) is 0 Å². The Morgan fingerprint density at radius 3 is 2.00 bits per heavy atom. The highest BCUT2D eigenvalue weighted by atomic mass is 35.5. The number of carbonyl (C=O) groups excluding carboxylic acids is 1. The summed E-state index contributed by atoms with van der Waals surface area (Å²) < 4.78 is 45.4. The summed E-state index contributed by atoms with van der Waals surface area (Å²) in [6.07, 6.45) is -3.26. The molecule has 41 heavy (non-hydrogen) atoms. The van der Waals surface area contributed by atoms with Crippen molar-refractivity contribution in [1.82, 2.24) is 9.88 Å². The number of pyridine rings is 1. The van der Waals surface area contributed by atoms with Crippen molar-refractivity contribution in [3.05, 3.63) is 88.8 Å². The summed E-state index contributed by atoms with van der Waals surface area (Å²) in [5.74, 6) is -2.25. The van der Waals surface area contributed by atoms with Crippen molar-refractivity contribution in [3.8, 4) is 0 Å². The van der Waals surface area contributed by atoms with E-state index >= 15 is 0 Å². The second-order valence-corrected chi connectivity index (χ2v) is 10.6. The number of likely N-dealkylation sites (N-methyl/N-ethyl adjacent to an activating group) is 1. The van der Waals surface area contributed by atoms with E-state index in [9.17, 15) is 22.4 Å². The molecule has 2 heterocycles. The molecule has 3 aromatic rings. The number of piperazine rings is 1. The zero-order valence-corrected chi connectivity index (χ0v) is 23.6. The smallest absolute Gasteiger partial charge is 0.475 e. The number of hydrogen-bond acceptors (Lipinski definition) is 5. The zero-order chi connectivity index (χ0) is 30.4. The summed E-state index contributed by atoms with van der Waals surface area (Å²) in [6.45, 7) is 8.02. The number of carbonyl (C=O) groups is 2. The molecular weight excluding hydrogens is 564 g/mol. The first-order valence-electron chi connectivity index (χ1n) is 12.7. The molecule has 1 aromatic heterocycles. The van der Waals surface area contributed by atoms with Gasteiger partial charge in [-0.3, -0.25) is 4.79 Å². The molecule has 0 spiro atoms. The molecule has 1 N–H and O–H groups in total. The van der Waals surface area contributed by atoms with Crippen LogP contribution in [0.3, 0.4) is 0 Å². The van der Waals surface area contributed by atoms with E-state index in [2.05, 4.69) is 21.8 Å². The van der Waals surface area contributed by atoms with Gasteiger partial charge < -0.3 is 19.8 Å². The number of alkyl halides is 3. The monoisotopic (exact) mass is 594 g/mol. The predicted octanol–water partition coefficient (Wildman–Crippen LogP) is 5.77. The lowest BCUT2D eigenvalue weighted by atomic mass is 9.83. The number of amides is 1. The average molecular weight is 595 g/mol. The molecule has 12 heteroatoms. The van der Waals surface area contributed by atoms with Gasteiger partial charge in [-0.1, -0.05) is 29.8 Å². The molecule has 4 rings (SSSR count). The van der Waals surface area contributed by atoms with Crippen LogP contribution in [0.15, 0.2) is 66.9 Å². The van der Waals surface area contributed by atoms with Crippen LogP contribution in [-0.4, -0.2) is 66.3 Å². The molecule has 0 atom stereocenters. The molecule has 1 aliphatic heterocycles. The van der Waals surface area contributed by atoms with Gasteiger partial charge in [-0.15, -0.1) is 0 Å². The number of hydrogen-bond donors (Lipinski definition) is 1. The third-order valence-corrected chi connectivity index (χ3v) is 6.96. The second kappa shape index (κ2) is 13.3. The van der Waals surface area contributed by atoms with E-state index in [0.717, 1.165) is 43.1 Å². The quantitative estimate of drug-likeness (QED) is 0.365. The number of nitrogens with zero attached hydrogens (tertiary/aromatic N) is 4. The second-order valence-electron chi connectivity index (χ2n) is 10.1. The fraction of sp³-hybridized carbons (Fsp3) is 0.345. The van der Waals surface area contributed by atoms with E-state index in [4.69, 9.17) is 21.5 Å². The Labute approximate surface area is 241 Å². The van der Waals surface area contributed by atoms with Crippen LogP contribution in [0.5, 0.6) is 0 Å². The van der Waals surface area contributed by atoms with Gasteiger partial charge in [0.15, 0.2) is 0 Å².